The Bertz CT molecular complexity index is 1970. The van der Waals surface area contributed by atoms with Crippen LogP contribution in [0.25, 0.3) is 22.3 Å². The van der Waals surface area contributed by atoms with Crippen LogP contribution >= 0.6 is 50.3 Å². The third-order valence-electron chi connectivity index (χ3n) is 7.99. The third-order valence-corrected chi connectivity index (χ3v) is 12.0. The molecule has 4 aromatic heterocycles. The van der Waals surface area contributed by atoms with Crippen LogP contribution in [-0.2, 0) is 32.2 Å². The Morgan fingerprint density at radius 2 is 2.00 bits per heavy atom. The van der Waals surface area contributed by atoms with Gasteiger partial charge in [-0.2, -0.15) is 4.98 Å². The maximum atomic E-state index is 15.9. The van der Waals surface area contributed by atoms with Crippen molar-refractivity contribution in [2.75, 3.05) is 31.3 Å². The van der Waals surface area contributed by atoms with Crippen LogP contribution in [-0.4, -0.2) is 99.3 Å². The second-order valence-corrected chi connectivity index (χ2v) is 16.9. The first-order valence-electron chi connectivity index (χ1n) is 13.8. The van der Waals surface area contributed by atoms with E-state index in [1.165, 1.54) is 23.5 Å². The second-order valence-electron chi connectivity index (χ2n) is 10.8. The van der Waals surface area contributed by atoms with Crippen molar-refractivity contribution in [2.45, 2.75) is 53.4 Å². The summed E-state index contributed by atoms with van der Waals surface area (Å²) in [7, 11) is -2.85. The van der Waals surface area contributed by atoms with E-state index in [0.29, 0.717) is 11.2 Å². The maximum absolute atomic E-state index is 15.9. The molecule has 2 bridgehead atoms. The molecule has 254 valence electrons. The van der Waals surface area contributed by atoms with E-state index in [9.17, 15) is 19.0 Å². The van der Waals surface area contributed by atoms with E-state index in [-0.39, 0.29) is 42.6 Å². The molecule has 19 nitrogen and oxygen atoms in total. The van der Waals surface area contributed by atoms with Crippen molar-refractivity contribution in [3.8, 4) is 0 Å². The predicted octanol–water partition coefficient (Wildman–Crippen LogP) is 1.27. The van der Waals surface area contributed by atoms with Crippen LogP contribution in [0.1, 0.15) is 18.0 Å². The molecule has 4 aromatic rings. The minimum atomic E-state index is -4.42. The van der Waals surface area contributed by atoms with Crippen LogP contribution in [0.5, 0.6) is 0 Å². The highest BCUT2D eigenvalue weighted by Crippen LogP contribution is 2.61. The summed E-state index contributed by atoms with van der Waals surface area (Å²) in [6.45, 7) is -5.40. The molecule has 2 unspecified atom stereocenters. The monoisotopic (exact) mass is 752 g/mol. The number of nitrogens with two attached hydrogens (primary N) is 2. The summed E-state index contributed by atoms with van der Waals surface area (Å²) in [5.41, 5.74) is 10.2. The largest absolute Gasteiger partial charge is 0.396 e. The van der Waals surface area contributed by atoms with Crippen LogP contribution in [0.3, 0.4) is 0 Å². The number of thiol groups is 2. The zero-order valence-electron chi connectivity index (χ0n) is 23.7. The Labute approximate surface area is 278 Å². The van der Waals surface area contributed by atoms with E-state index < -0.39 is 73.1 Å². The fraction of sp³-hybridized carbons (Fsp3) is 0.545. The highest BCUT2D eigenvalue weighted by atomic mass is 32.7. The van der Waals surface area contributed by atoms with Crippen molar-refractivity contribution in [1.82, 2.24) is 39.0 Å². The summed E-state index contributed by atoms with van der Waals surface area (Å²) in [4.78, 5) is 35.3. The van der Waals surface area contributed by atoms with Crippen molar-refractivity contribution < 1.29 is 41.7 Å². The summed E-state index contributed by atoms with van der Waals surface area (Å²) < 4.78 is 74.1. The Morgan fingerprint density at radius 1 is 1.23 bits per heavy atom. The number of hydrogen-bond acceptors (Lipinski definition) is 17. The number of alkyl halides is 1. The highest BCUT2D eigenvalue weighted by molar-refractivity contribution is 8.44. The van der Waals surface area contributed by atoms with Crippen molar-refractivity contribution in [1.29, 1.82) is 0 Å². The Kier molecular flexibility index (Phi) is 8.86. The average Bonchev–Trinajstić information content (AvgIpc) is 3.82. The number of aliphatic hydroxyl groups is 1. The van der Waals surface area contributed by atoms with Crippen molar-refractivity contribution >= 4 is 84.4 Å². The van der Waals surface area contributed by atoms with Crippen LogP contribution in [0.2, 0.25) is 0 Å². The quantitative estimate of drug-likeness (QED) is 0.0931. The first kappa shape index (κ1) is 33.2. The molecule has 47 heavy (non-hydrogen) atoms. The zero-order chi connectivity index (χ0) is 33.2. The maximum Gasteiger partial charge on any atom is 0.386 e. The van der Waals surface area contributed by atoms with Gasteiger partial charge in [-0.25, -0.2) is 28.9 Å². The number of rotatable bonds is 11. The fourth-order valence-corrected chi connectivity index (χ4v) is 9.97. The summed E-state index contributed by atoms with van der Waals surface area (Å²) in [5.74, 6) is -0.0502. The van der Waals surface area contributed by atoms with Gasteiger partial charge in [0.05, 0.1) is 25.9 Å². The van der Waals surface area contributed by atoms with Crippen molar-refractivity contribution in [3.05, 3.63) is 29.3 Å². The lowest BCUT2D eigenvalue weighted by Crippen LogP contribution is -2.45. The predicted molar refractivity (Wildman–Crippen MR) is 172 cm³/mol. The minimum Gasteiger partial charge on any atom is -0.396 e. The topological polar surface area (TPSA) is 260 Å². The van der Waals surface area contributed by atoms with E-state index in [0.717, 1.165) is 11.8 Å². The summed E-state index contributed by atoms with van der Waals surface area (Å²) in [5, 5.41) is 7.78. The molecule has 0 radical (unpaired) electrons. The number of nitrogens with one attached hydrogen (secondary N) is 1. The molecule has 3 aliphatic heterocycles. The number of ether oxygens (including phenoxy) is 2. The number of anilines is 2. The minimum absolute atomic E-state index is 0.0429. The van der Waals surface area contributed by atoms with E-state index in [1.54, 1.807) is 4.57 Å². The van der Waals surface area contributed by atoms with Crippen LogP contribution < -0.4 is 17.0 Å². The van der Waals surface area contributed by atoms with Crippen LogP contribution in [0.15, 0.2) is 23.8 Å². The molecule has 6 N–H and O–H groups in total. The number of nitrogen functional groups attached to an aromatic ring is 2. The molecule has 0 aromatic carbocycles. The Morgan fingerprint density at radius 3 is 2.77 bits per heavy atom. The SMILES string of the molecule is Nc1nc2c(ncn2[C@@H]2S[C@H](CCO)[C@H](F)[C@H]2OP(=O)(S)OC[C@@]23CO[C@@H]([C@H](n4cnc5c(N)ncnc54)O2)[C@@H]3O[PH](=O)S)c(=O)[nH]1. The highest BCUT2D eigenvalue weighted by Gasteiger charge is 2.64. The molecule has 0 amide bonds. The van der Waals surface area contributed by atoms with Gasteiger partial charge in [0.25, 0.3) is 5.56 Å². The van der Waals surface area contributed by atoms with Gasteiger partial charge in [-0.3, -0.25) is 32.5 Å². The summed E-state index contributed by atoms with van der Waals surface area (Å²) in [6.07, 6.45) is -2.05. The molecule has 10 atom stereocenters. The number of imidazole rings is 2. The summed E-state index contributed by atoms with van der Waals surface area (Å²) in [6, 6.07) is 0. The van der Waals surface area contributed by atoms with Crippen LogP contribution in [0, 0.1) is 0 Å². The van der Waals surface area contributed by atoms with Crippen molar-refractivity contribution in [3.63, 3.8) is 0 Å². The number of aromatic amines is 1. The number of H-pyrrole nitrogens is 1. The second kappa shape index (κ2) is 12.5. The molecule has 7 heterocycles. The smallest absolute Gasteiger partial charge is 0.386 e. The lowest BCUT2D eigenvalue weighted by atomic mass is 10.0. The van der Waals surface area contributed by atoms with Gasteiger partial charge in [-0.05, 0) is 6.42 Å². The number of thioether (sulfide) groups is 1. The molecule has 7 rings (SSSR count). The van der Waals surface area contributed by atoms with E-state index in [1.807, 2.05) is 0 Å². The van der Waals surface area contributed by atoms with Gasteiger partial charge in [-0.1, -0.05) is 24.5 Å². The fourth-order valence-electron chi connectivity index (χ4n) is 5.95. The first-order valence-corrected chi connectivity index (χ1v) is 20.1. The lowest BCUT2D eigenvalue weighted by Gasteiger charge is -2.32. The summed E-state index contributed by atoms with van der Waals surface area (Å²) >= 11 is 9.14. The lowest BCUT2D eigenvalue weighted by molar-refractivity contribution is -0.182. The number of halogens is 1. The number of nitrogens with zero attached hydrogens (tertiary/aromatic N) is 7. The van der Waals surface area contributed by atoms with Gasteiger partial charge in [0.1, 0.15) is 47.3 Å². The van der Waals surface area contributed by atoms with Gasteiger partial charge in [0.2, 0.25) is 13.2 Å². The Hall–Kier alpha value is -2.30. The zero-order valence-corrected chi connectivity index (χ0v) is 28.2. The van der Waals surface area contributed by atoms with Gasteiger partial charge >= 0.3 is 6.80 Å². The molecule has 3 aliphatic rings. The number of aromatic nitrogens is 8. The van der Waals surface area contributed by atoms with Gasteiger partial charge in [0, 0.05) is 11.9 Å². The molecule has 25 heteroatoms. The Balaban J connectivity index is 1.15. The van der Waals surface area contributed by atoms with E-state index >= 15 is 4.39 Å². The molecule has 0 saturated carbocycles. The number of hydrogen-bond donors (Lipinski definition) is 6. The van der Waals surface area contributed by atoms with Crippen molar-refractivity contribution in [2.24, 2.45) is 0 Å². The standard InChI is InChI=1S/C22H27FN10O9P2S3/c23-9-8(1-2-34)47-20(33-7-29-11-17(33)30-21(25)31-18(11)35)12(9)42-44(37,46)39-4-22-3-38-13(14(22)41-43(36)45)19(40-22)32-6-28-10-15(24)26-5-27-16(10)32/h5-9,12-14,19-20,34,43H,1-4H2,(H,36,45)(H,37,46)(H2,24,26,27)(H3,25,30,31,35)/t8-,9+,12-,13-,14+,19-,20-,22-,44?/m1/s1. The van der Waals surface area contributed by atoms with Gasteiger partial charge in [-0.15, -0.1) is 11.8 Å². The molecular weight excluding hydrogens is 725 g/mol. The average molecular weight is 753 g/mol. The van der Waals surface area contributed by atoms with E-state index in [2.05, 4.69) is 54.4 Å². The molecule has 3 fully saturated rings. The van der Waals surface area contributed by atoms with Gasteiger partial charge < -0.3 is 30.6 Å². The number of fused-ring (bicyclic) bond motifs is 4. The normalized spacial score (nSPS) is 32.4. The van der Waals surface area contributed by atoms with E-state index in [4.69, 9.17) is 34.5 Å². The molecule has 0 aliphatic carbocycles. The first-order chi connectivity index (χ1) is 22.4. The molecule has 0 spiro atoms. The van der Waals surface area contributed by atoms with Gasteiger partial charge in [0.15, 0.2) is 28.9 Å². The third kappa shape index (κ3) is 5.88. The number of aliphatic hydroxyl groups excluding tert-OH is 1. The van der Waals surface area contributed by atoms with Crippen LogP contribution in [0.4, 0.5) is 16.2 Å². The molecule has 3 saturated heterocycles. The molecular formula is C22H27FN10O9P2S3.